The van der Waals surface area contributed by atoms with Crippen molar-refractivity contribution in [3.8, 4) is 0 Å². The first-order valence-electron chi connectivity index (χ1n) is 10.4. The lowest BCUT2D eigenvalue weighted by molar-refractivity contribution is -0.144. The molecule has 1 N–H and O–H groups in total. The fourth-order valence-corrected chi connectivity index (χ4v) is 5.76. The molecule has 6 heteroatoms. The Hall–Kier alpha value is -1.85. The highest BCUT2D eigenvalue weighted by Crippen LogP contribution is 2.38. The zero-order valence-corrected chi connectivity index (χ0v) is 15.4. The Morgan fingerprint density at radius 3 is 2.85 bits per heavy atom. The zero-order chi connectivity index (χ0) is 17.7. The molecule has 26 heavy (non-hydrogen) atoms. The van der Waals surface area contributed by atoms with E-state index in [-0.39, 0.29) is 5.91 Å². The Balaban J connectivity index is 1.36. The van der Waals surface area contributed by atoms with Crippen LogP contribution < -0.4 is 0 Å². The predicted molar refractivity (Wildman–Crippen MR) is 96.7 cm³/mol. The maximum absolute atomic E-state index is 13.3. The number of H-pyrrole nitrogens is 1. The van der Waals surface area contributed by atoms with Gasteiger partial charge in [0.25, 0.3) is 5.91 Å². The third-order valence-corrected chi connectivity index (χ3v) is 6.98. The zero-order valence-electron chi connectivity index (χ0n) is 15.4. The molecule has 2 bridgehead atoms. The van der Waals surface area contributed by atoms with Gasteiger partial charge in [0.15, 0.2) is 5.69 Å². The summed E-state index contributed by atoms with van der Waals surface area (Å²) in [5, 5.41) is 7.56. The van der Waals surface area contributed by atoms with E-state index in [2.05, 4.69) is 15.1 Å². The van der Waals surface area contributed by atoms with E-state index in [0.29, 0.717) is 35.9 Å². The highest BCUT2D eigenvalue weighted by Gasteiger charge is 2.45. The average Bonchev–Trinajstić information content (AvgIpc) is 2.90. The fraction of sp³-hybridized carbons (Fsp3) is 0.750. The Labute approximate surface area is 154 Å². The first-order chi connectivity index (χ1) is 12.7. The first-order valence-corrected chi connectivity index (χ1v) is 10.4. The Bertz CT molecular complexity index is 727. The van der Waals surface area contributed by atoms with E-state index in [0.717, 1.165) is 63.7 Å². The maximum Gasteiger partial charge on any atom is 0.274 e. The van der Waals surface area contributed by atoms with Gasteiger partial charge < -0.3 is 9.80 Å². The normalized spacial score (nSPS) is 31.2. The number of carbonyl (C=O) groups excluding carboxylic acids is 2. The molecule has 3 atom stereocenters. The molecule has 2 amide bonds. The van der Waals surface area contributed by atoms with Gasteiger partial charge >= 0.3 is 0 Å². The van der Waals surface area contributed by atoms with Crippen molar-refractivity contribution in [2.45, 2.75) is 63.8 Å². The van der Waals surface area contributed by atoms with E-state index >= 15 is 0 Å². The smallest absolute Gasteiger partial charge is 0.274 e. The topological polar surface area (TPSA) is 69.3 Å². The van der Waals surface area contributed by atoms with Crippen LogP contribution in [0.2, 0.25) is 0 Å². The highest BCUT2D eigenvalue weighted by atomic mass is 16.2. The summed E-state index contributed by atoms with van der Waals surface area (Å²) in [6, 6.07) is 0.347. The third kappa shape index (κ3) is 2.65. The molecule has 1 aromatic rings. The summed E-state index contributed by atoms with van der Waals surface area (Å²) in [5.41, 5.74) is 3.00. The van der Waals surface area contributed by atoms with Crippen LogP contribution in [0.1, 0.15) is 66.7 Å². The number of fused-ring (bicyclic) bond motifs is 5. The van der Waals surface area contributed by atoms with Crippen molar-refractivity contribution in [3.05, 3.63) is 17.0 Å². The number of nitrogens with zero attached hydrogens (tertiary/aromatic N) is 3. The molecular formula is C20H28N4O2. The number of aryl methyl sites for hydroxylation is 1. The average molecular weight is 356 g/mol. The Morgan fingerprint density at radius 1 is 1.04 bits per heavy atom. The minimum absolute atomic E-state index is 0.106. The predicted octanol–water partition coefficient (Wildman–Crippen LogP) is 2.15. The summed E-state index contributed by atoms with van der Waals surface area (Å²) in [6.45, 7) is 2.39. The van der Waals surface area contributed by atoms with Gasteiger partial charge in [-0.1, -0.05) is 6.42 Å². The van der Waals surface area contributed by atoms with Crippen LogP contribution in [0, 0.1) is 11.8 Å². The number of rotatable bonds is 1. The molecule has 3 fully saturated rings. The van der Waals surface area contributed by atoms with Crippen molar-refractivity contribution in [2.75, 3.05) is 19.6 Å². The second-order valence-corrected chi connectivity index (χ2v) is 8.67. The molecule has 0 radical (unpaired) electrons. The van der Waals surface area contributed by atoms with Crippen molar-refractivity contribution in [2.24, 2.45) is 11.8 Å². The van der Waals surface area contributed by atoms with Gasteiger partial charge in [0, 0.05) is 43.4 Å². The summed E-state index contributed by atoms with van der Waals surface area (Å²) in [7, 11) is 0. The molecule has 5 rings (SSSR count). The number of aromatic nitrogens is 2. The number of carbonyl (C=O) groups is 2. The van der Waals surface area contributed by atoms with Crippen LogP contribution in [0.5, 0.6) is 0 Å². The van der Waals surface area contributed by atoms with Gasteiger partial charge in [-0.05, 0) is 56.8 Å². The first kappa shape index (κ1) is 16.3. The van der Waals surface area contributed by atoms with Gasteiger partial charge in [-0.3, -0.25) is 14.7 Å². The summed E-state index contributed by atoms with van der Waals surface area (Å²) in [5.74, 6) is 1.30. The molecule has 0 saturated carbocycles. The number of nitrogens with one attached hydrogen (secondary N) is 1. The van der Waals surface area contributed by atoms with E-state index in [1.54, 1.807) is 0 Å². The van der Waals surface area contributed by atoms with Gasteiger partial charge in [0.2, 0.25) is 5.91 Å². The Kier molecular flexibility index (Phi) is 4.02. The summed E-state index contributed by atoms with van der Waals surface area (Å²) in [6.07, 6.45) is 9.52. The van der Waals surface area contributed by atoms with Crippen LogP contribution >= 0.6 is 0 Å². The van der Waals surface area contributed by atoms with E-state index in [9.17, 15) is 9.59 Å². The SMILES string of the molecule is O=C(c1n[nH]c2c1CCCCC2)N1C[C@@H]2C[C@@H](C1)C1CCCC(=O)N1C2. The van der Waals surface area contributed by atoms with Crippen molar-refractivity contribution in [1.82, 2.24) is 20.0 Å². The molecule has 4 aliphatic rings. The van der Waals surface area contributed by atoms with Gasteiger partial charge in [0.05, 0.1) is 0 Å². The van der Waals surface area contributed by atoms with Gasteiger partial charge in [-0.15, -0.1) is 0 Å². The minimum atomic E-state index is 0.106. The van der Waals surface area contributed by atoms with E-state index in [1.807, 2.05) is 4.90 Å². The highest BCUT2D eigenvalue weighted by molar-refractivity contribution is 5.94. The molecular weight excluding hydrogens is 328 g/mol. The second-order valence-electron chi connectivity index (χ2n) is 8.67. The van der Waals surface area contributed by atoms with Gasteiger partial charge in [-0.2, -0.15) is 5.10 Å². The van der Waals surface area contributed by atoms with Crippen LogP contribution in [0.3, 0.4) is 0 Å². The lowest BCUT2D eigenvalue weighted by Crippen LogP contribution is -2.61. The molecule has 3 saturated heterocycles. The lowest BCUT2D eigenvalue weighted by Gasteiger charge is -2.52. The summed E-state index contributed by atoms with van der Waals surface area (Å²) in [4.78, 5) is 29.7. The van der Waals surface area contributed by atoms with Crippen molar-refractivity contribution in [3.63, 3.8) is 0 Å². The molecule has 0 spiro atoms. The molecule has 1 aliphatic carbocycles. The summed E-state index contributed by atoms with van der Waals surface area (Å²) >= 11 is 0. The van der Waals surface area contributed by atoms with Crippen molar-refractivity contribution < 1.29 is 9.59 Å². The summed E-state index contributed by atoms with van der Waals surface area (Å²) < 4.78 is 0. The number of hydrogen-bond donors (Lipinski definition) is 1. The number of likely N-dealkylation sites (tertiary alicyclic amines) is 1. The second kappa shape index (κ2) is 6.39. The standard InChI is InChI=1S/C20H28N4O2/c25-18-8-4-7-17-14-9-13(11-24(17)18)10-23(12-14)20(26)19-15-5-2-1-3-6-16(15)21-22-19/h13-14,17H,1-12H2,(H,21,22)/t13-,14-,17?/m0/s1. The lowest BCUT2D eigenvalue weighted by atomic mass is 9.76. The maximum atomic E-state index is 13.3. The minimum Gasteiger partial charge on any atom is -0.339 e. The van der Waals surface area contributed by atoms with E-state index in [4.69, 9.17) is 0 Å². The number of piperidine rings is 3. The van der Waals surface area contributed by atoms with E-state index < -0.39 is 0 Å². The van der Waals surface area contributed by atoms with Crippen LogP contribution in [-0.2, 0) is 17.6 Å². The van der Waals surface area contributed by atoms with Gasteiger partial charge in [0.1, 0.15) is 0 Å². The molecule has 3 aliphatic heterocycles. The fourth-order valence-electron chi connectivity index (χ4n) is 5.76. The van der Waals surface area contributed by atoms with Crippen LogP contribution in [0.15, 0.2) is 0 Å². The quantitative estimate of drug-likeness (QED) is 0.784. The third-order valence-electron chi connectivity index (χ3n) is 6.98. The van der Waals surface area contributed by atoms with Crippen LogP contribution in [-0.4, -0.2) is 57.5 Å². The van der Waals surface area contributed by atoms with Crippen molar-refractivity contribution >= 4 is 11.8 Å². The number of aromatic amines is 1. The van der Waals surface area contributed by atoms with Crippen molar-refractivity contribution in [1.29, 1.82) is 0 Å². The molecule has 1 aromatic heterocycles. The monoisotopic (exact) mass is 356 g/mol. The van der Waals surface area contributed by atoms with Gasteiger partial charge in [-0.25, -0.2) is 0 Å². The largest absolute Gasteiger partial charge is 0.339 e. The number of hydrogen-bond acceptors (Lipinski definition) is 3. The van der Waals surface area contributed by atoms with Crippen LogP contribution in [0.4, 0.5) is 0 Å². The van der Waals surface area contributed by atoms with Crippen LogP contribution in [0.25, 0.3) is 0 Å². The molecule has 0 aromatic carbocycles. The van der Waals surface area contributed by atoms with E-state index in [1.165, 1.54) is 18.5 Å². The molecule has 140 valence electrons. The Morgan fingerprint density at radius 2 is 1.92 bits per heavy atom. The molecule has 6 nitrogen and oxygen atoms in total. The number of amides is 2. The molecule has 4 heterocycles. The molecule has 1 unspecified atom stereocenters.